The second kappa shape index (κ2) is 10.8. The molecule has 6 nitrogen and oxygen atoms in total. The molecule has 0 aromatic carbocycles. The van der Waals surface area contributed by atoms with Crippen molar-refractivity contribution >= 4 is 5.97 Å². The van der Waals surface area contributed by atoms with E-state index in [1.165, 1.54) is 0 Å². The van der Waals surface area contributed by atoms with E-state index in [4.69, 9.17) is 23.7 Å². The molecule has 0 N–H and O–H groups in total. The van der Waals surface area contributed by atoms with Crippen molar-refractivity contribution < 1.29 is 28.5 Å². The van der Waals surface area contributed by atoms with E-state index in [9.17, 15) is 4.79 Å². The summed E-state index contributed by atoms with van der Waals surface area (Å²) in [5.74, 6) is -0.390. The van der Waals surface area contributed by atoms with Gasteiger partial charge in [0.05, 0.1) is 59.5 Å². The summed E-state index contributed by atoms with van der Waals surface area (Å²) in [5.41, 5.74) is 0.387. The van der Waals surface area contributed by atoms with Crippen molar-refractivity contribution in [1.29, 1.82) is 0 Å². The molecule has 1 fully saturated rings. The second-order valence-corrected chi connectivity index (χ2v) is 4.62. The summed E-state index contributed by atoms with van der Waals surface area (Å²) in [7, 11) is 0. The number of carbonyl (C=O) groups excluding carboxylic acids is 1. The van der Waals surface area contributed by atoms with Crippen molar-refractivity contribution in [3.05, 3.63) is 12.2 Å². The highest BCUT2D eigenvalue weighted by atomic mass is 16.6. The van der Waals surface area contributed by atoms with E-state index >= 15 is 0 Å². The minimum absolute atomic E-state index is 0.000877. The number of hydrogen-bond donors (Lipinski definition) is 0. The van der Waals surface area contributed by atoms with Crippen LogP contribution in [0.5, 0.6) is 0 Å². The van der Waals surface area contributed by atoms with Gasteiger partial charge < -0.3 is 23.7 Å². The molecule has 0 unspecified atom stereocenters. The van der Waals surface area contributed by atoms with Gasteiger partial charge in [0.15, 0.2) is 0 Å². The van der Waals surface area contributed by atoms with E-state index in [-0.39, 0.29) is 18.5 Å². The monoisotopic (exact) mass is 288 g/mol. The van der Waals surface area contributed by atoms with Crippen LogP contribution in [0.1, 0.15) is 6.92 Å². The molecule has 0 spiro atoms. The summed E-state index contributed by atoms with van der Waals surface area (Å²) in [6, 6.07) is 0. The van der Waals surface area contributed by atoms with Crippen LogP contribution in [0.25, 0.3) is 0 Å². The molecule has 116 valence electrons. The number of carbonyl (C=O) groups is 1. The summed E-state index contributed by atoms with van der Waals surface area (Å²) in [4.78, 5) is 11.4. The van der Waals surface area contributed by atoms with Gasteiger partial charge in [-0.2, -0.15) is 0 Å². The zero-order valence-corrected chi connectivity index (χ0v) is 12.1. The van der Waals surface area contributed by atoms with E-state index < -0.39 is 0 Å². The molecule has 0 aromatic heterocycles. The first-order chi connectivity index (χ1) is 9.70. The Morgan fingerprint density at radius 3 is 1.90 bits per heavy atom. The molecule has 1 heterocycles. The highest BCUT2D eigenvalue weighted by molar-refractivity contribution is 5.86. The van der Waals surface area contributed by atoms with Crippen molar-refractivity contribution in [3.63, 3.8) is 0 Å². The quantitative estimate of drug-likeness (QED) is 0.565. The Kier molecular flexibility index (Phi) is 9.23. The summed E-state index contributed by atoms with van der Waals surface area (Å²) < 4.78 is 26.8. The summed E-state index contributed by atoms with van der Waals surface area (Å²) >= 11 is 0. The van der Waals surface area contributed by atoms with Gasteiger partial charge in [-0.15, -0.1) is 0 Å². The third-order valence-corrected chi connectivity index (χ3v) is 2.62. The maximum absolute atomic E-state index is 11.4. The molecule has 0 atom stereocenters. The van der Waals surface area contributed by atoms with E-state index in [1.54, 1.807) is 6.92 Å². The molecular formula is C14H24O6. The van der Waals surface area contributed by atoms with Crippen LogP contribution in [-0.2, 0) is 28.5 Å². The predicted molar refractivity (Wildman–Crippen MR) is 72.5 cm³/mol. The Morgan fingerprint density at radius 1 is 1.00 bits per heavy atom. The third kappa shape index (κ3) is 8.27. The first-order valence-electron chi connectivity index (χ1n) is 6.83. The summed E-state index contributed by atoms with van der Waals surface area (Å²) in [6.07, 6.45) is 0. The van der Waals surface area contributed by atoms with Crippen LogP contribution in [0.3, 0.4) is 0 Å². The van der Waals surface area contributed by atoms with Gasteiger partial charge in [0.25, 0.3) is 0 Å². The van der Waals surface area contributed by atoms with Crippen LogP contribution in [-0.4, -0.2) is 65.4 Å². The standard InChI is InChI=1S/C14H24O6/c1-12(2)14(15)20-11-13-9-18-7-5-16-3-4-17-6-8-19-10-13/h13H,1,3-11H2,2H3. The molecule has 0 bridgehead atoms. The van der Waals surface area contributed by atoms with Crippen molar-refractivity contribution in [3.8, 4) is 0 Å². The second-order valence-electron chi connectivity index (χ2n) is 4.62. The van der Waals surface area contributed by atoms with Gasteiger partial charge in [0.1, 0.15) is 0 Å². The van der Waals surface area contributed by atoms with Crippen molar-refractivity contribution in [2.24, 2.45) is 5.92 Å². The first-order valence-corrected chi connectivity index (χ1v) is 6.83. The lowest BCUT2D eigenvalue weighted by atomic mass is 10.2. The van der Waals surface area contributed by atoms with E-state index in [0.29, 0.717) is 58.4 Å². The first kappa shape index (κ1) is 17.1. The van der Waals surface area contributed by atoms with Crippen LogP contribution in [0.15, 0.2) is 12.2 Å². The number of esters is 1. The smallest absolute Gasteiger partial charge is 0.333 e. The van der Waals surface area contributed by atoms with Crippen molar-refractivity contribution in [1.82, 2.24) is 0 Å². The molecule has 0 aliphatic carbocycles. The summed E-state index contributed by atoms with van der Waals surface area (Å²) in [6.45, 7) is 9.54. The van der Waals surface area contributed by atoms with Gasteiger partial charge in [0, 0.05) is 11.5 Å². The highest BCUT2D eigenvalue weighted by Gasteiger charge is 2.14. The fourth-order valence-corrected chi connectivity index (χ4v) is 1.52. The SMILES string of the molecule is C=C(C)C(=O)OCC1COCCOCCOCCOC1. The fourth-order valence-electron chi connectivity index (χ4n) is 1.52. The molecule has 0 amide bonds. The lowest BCUT2D eigenvalue weighted by molar-refractivity contribution is -0.141. The molecule has 1 aliphatic heterocycles. The van der Waals surface area contributed by atoms with Crippen LogP contribution in [0, 0.1) is 5.92 Å². The van der Waals surface area contributed by atoms with Gasteiger partial charge in [-0.1, -0.05) is 6.58 Å². The van der Waals surface area contributed by atoms with E-state index in [2.05, 4.69) is 6.58 Å². The zero-order valence-electron chi connectivity index (χ0n) is 12.1. The number of hydrogen-bond acceptors (Lipinski definition) is 6. The van der Waals surface area contributed by atoms with E-state index in [0.717, 1.165) is 0 Å². The average Bonchev–Trinajstić information content (AvgIpc) is 2.45. The highest BCUT2D eigenvalue weighted by Crippen LogP contribution is 2.03. The molecule has 0 radical (unpaired) electrons. The average molecular weight is 288 g/mol. The van der Waals surface area contributed by atoms with Gasteiger partial charge in [-0.25, -0.2) is 4.79 Å². The molecular weight excluding hydrogens is 264 g/mol. The Labute approximate surface area is 120 Å². The lowest BCUT2D eigenvalue weighted by Gasteiger charge is -2.17. The van der Waals surface area contributed by atoms with Crippen LogP contribution in [0.4, 0.5) is 0 Å². The fraction of sp³-hybridized carbons (Fsp3) is 0.786. The number of ether oxygens (including phenoxy) is 5. The molecule has 6 heteroatoms. The molecule has 20 heavy (non-hydrogen) atoms. The summed E-state index contributed by atoms with van der Waals surface area (Å²) in [5, 5.41) is 0. The maximum atomic E-state index is 11.4. The van der Waals surface area contributed by atoms with Gasteiger partial charge >= 0.3 is 5.97 Å². The van der Waals surface area contributed by atoms with Gasteiger partial charge in [0.2, 0.25) is 0 Å². The van der Waals surface area contributed by atoms with Crippen LogP contribution < -0.4 is 0 Å². The normalized spacial score (nSPS) is 20.2. The topological polar surface area (TPSA) is 63.2 Å². The number of rotatable bonds is 3. The maximum Gasteiger partial charge on any atom is 0.333 e. The minimum atomic E-state index is -0.389. The van der Waals surface area contributed by atoms with E-state index in [1.807, 2.05) is 0 Å². The van der Waals surface area contributed by atoms with Gasteiger partial charge in [-0.3, -0.25) is 0 Å². The molecule has 0 saturated carbocycles. The Morgan fingerprint density at radius 2 is 1.45 bits per heavy atom. The Bertz CT molecular complexity index is 277. The van der Waals surface area contributed by atoms with Crippen molar-refractivity contribution in [2.75, 3.05) is 59.5 Å². The molecule has 1 aliphatic rings. The Balaban J connectivity index is 2.31. The molecule has 1 rings (SSSR count). The predicted octanol–water partition coefficient (Wildman–Crippen LogP) is 0.802. The lowest BCUT2D eigenvalue weighted by Crippen LogP contribution is -2.25. The van der Waals surface area contributed by atoms with Gasteiger partial charge in [-0.05, 0) is 6.92 Å². The Hall–Kier alpha value is -0.950. The zero-order chi connectivity index (χ0) is 14.6. The minimum Gasteiger partial charge on any atom is -0.462 e. The molecule has 0 aromatic rings. The molecule has 1 saturated heterocycles. The van der Waals surface area contributed by atoms with Crippen LogP contribution in [0.2, 0.25) is 0 Å². The van der Waals surface area contributed by atoms with Crippen LogP contribution >= 0.6 is 0 Å². The van der Waals surface area contributed by atoms with Crippen molar-refractivity contribution in [2.45, 2.75) is 6.92 Å². The largest absolute Gasteiger partial charge is 0.462 e. The third-order valence-electron chi connectivity index (χ3n) is 2.62.